The lowest BCUT2D eigenvalue weighted by atomic mass is 10.1. The van der Waals surface area contributed by atoms with Crippen LogP contribution in [0.15, 0.2) is 28.7 Å². The maximum Gasteiger partial charge on any atom is 0.408 e. The van der Waals surface area contributed by atoms with Crippen molar-refractivity contribution < 1.29 is 19.4 Å². The van der Waals surface area contributed by atoms with Gasteiger partial charge in [-0.2, -0.15) is 0 Å². The number of carbonyl (C=O) groups excluding carboxylic acids is 2. The Morgan fingerprint density at radius 3 is 2.30 bits per heavy atom. The maximum atomic E-state index is 12.1. The first-order valence-corrected chi connectivity index (χ1v) is 6.92. The van der Waals surface area contributed by atoms with E-state index < -0.39 is 24.3 Å². The summed E-state index contributed by atoms with van der Waals surface area (Å²) in [6.45, 7) is 4.67. The first-order valence-electron chi connectivity index (χ1n) is 6.13. The molecule has 1 rings (SSSR count). The Bertz CT molecular complexity index is 479. The van der Waals surface area contributed by atoms with Gasteiger partial charge in [-0.1, -0.05) is 28.1 Å². The Morgan fingerprint density at radius 2 is 1.85 bits per heavy atom. The summed E-state index contributed by atoms with van der Waals surface area (Å²) in [7, 11) is 0. The van der Waals surface area contributed by atoms with Crippen LogP contribution in [0.5, 0.6) is 0 Å². The summed E-state index contributed by atoms with van der Waals surface area (Å²) >= 11 is 3.27. The third-order valence-corrected chi connectivity index (χ3v) is 2.85. The van der Waals surface area contributed by atoms with Gasteiger partial charge in [-0.05, 0) is 32.9 Å². The molecule has 1 aromatic rings. The zero-order valence-electron chi connectivity index (χ0n) is 11.6. The van der Waals surface area contributed by atoms with Gasteiger partial charge in [0, 0.05) is 10.0 Å². The van der Waals surface area contributed by atoms with Gasteiger partial charge in [-0.3, -0.25) is 4.79 Å². The lowest BCUT2D eigenvalue weighted by Crippen LogP contribution is -2.45. The number of nitrogens with one attached hydrogen (secondary N) is 1. The number of benzene rings is 1. The standard InChI is InChI=1S/C14H18BrNO4/c1-14(2,3)20-13(19)16-11(8-17)12(18)9-4-6-10(15)7-5-9/h4-7,11,17H,8H2,1-3H3,(H,16,19). The van der Waals surface area contributed by atoms with E-state index in [1.807, 2.05) is 0 Å². The number of hydrogen-bond acceptors (Lipinski definition) is 4. The van der Waals surface area contributed by atoms with Crippen molar-refractivity contribution in [3.05, 3.63) is 34.3 Å². The van der Waals surface area contributed by atoms with Gasteiger partial charge in [-0.15, -0.1) is 0 Å². The summed E-state index contributed by atoms with van der Waals surface area (Å²) in [6.07, 6.45) is -0.734. The van der Waals surface area contributed by atoms with Crippen LogP contribution in [-0.2, 0) is 4.74 Å². The SMILES string of the molecule is CC(C)(C)OC(=O)NC(CO)C(=O)c1ccc(Br)cc1. The minimum Gasteiger partial charge on any atom is -0.444 e. The molecule has 0 aliphatic heterocycles. The molecule has 1 aromatic carbocycles. The second kappa shape index (κ2) is 6.85. The number of Topliss-reactive ketones (excluding diaryl/α,β-unsaturated/α-hetero) is 1. The van der Waals surface area contributed by atoms with Crippen molar-refractivity contribution in [1.29, 1.82) is 0 Å². The van der Waals surface area contributed by atoms with Crippen LogP contribution in [0.4, 0.5) is 4.79 Å². The molecule has 0 saturated heterocycles. The number of carbonyl (C=O) groups is 2. The number of halogens is 1. The molecular formula is C14H18BrNO4. The molecule has 0 aromatic heterocycles. The zero-order chi connectivity index (χ0) is 15.3. The molecule has 6 heteroatoms. The summed E-state index contributed by atoms with van der Waals surface area (Å²) < 4.78 is 5.90. The molecule has 5 nitrogen and oxygen atoms in total. The fourth-order valence-corrected chi connectivity index (χ4v) is 1.72. The van der Waals surface area contributed by atoms with E-state index in [1.54, 1.807) is 45.0 Å². The molecule has 0 fully saturated rings. The number of ether oxygens (including phenoxy) is 1. The molecule has 0 bridgehead atoms. The van der Waals surface area contributed by atoms with E-state index in [4.69, 9.17) is 4.74 Å². The highest BCUT2D eigenvalue weighted by atomic mass is 79.9. The van der Waals surface area contributed by atoms with Crippen molar-refractivity contribution >= 4 is 27.8 Å². The van der Waals surface area contributed by atoms with Gasteiger partial charge in [-0.25, -0.2) is 4.79 Å². The maximum absolute atomic E-state index is 12.1. The summed E-state index contributed by atoms with van der Waals surface area (Å²) in [5.41, 5.74) is -0.256. The van der Waals surface area contributed by atoms with E-state index in [0.717, 1.165) is 4.47 Å². The topological polar surface area (TPSA) is 75.6 Å². The van der Waals surface area contributed by atoms with Crippen molar-refractivity contribution in [1.82, 2.24) is 5.32 Å². The number of ketones is 1. The van der Waals surface area contributed by atoms with Gasteiger partial charge in [0.2, 0.25) is 0 Å². The quantitative estimate of drug-likeness (QED) is 0.823. The fourth-order valence-electron chi connectivity index (χ4n) is 1.46. The predicted octanol–water partition coefficient (Wildman–Crippen LogP) is 2.52. The number of aliphatic hydroxyl groups is 1. The van der Waals surface area contributed by atoms with Crippen LogP contribution in [0, 0.1) is 0 Å². The van der Waals surface area contributed by atoms with Crippen molar-refractivity contribution in [3.63, 3.8) is 0 Å². The largest absolute Gasteiger partial charge is 0.444 e. The Morgan fingerprint density at radius 1 is 1.30 bits per heavy atom. The summed E-state index contributed by atoms with van der Waals surface area (Å²) in [5.74, 6) is -0.370. The molecule has 1 amide bonds. The predicted molar refractivity (Wildman–Crippen MR) is 78.7 cm³/mol. The van der Waals surface area contributed by atoms with Gasteiger partial charge < -0.3 is 15.2 Å². The fraction of sp³-hybridized carbons (Fsp3) is 0.429. The van der Waals surface area contributed by atoms with Crippen molar-refractivity contribution in [2.24, 2.45) is 0 Å². The number of rotatable bonds is 4. The molecule has 2 N–H and O–H groups in total. The molecule has 0 saturated carbocycles. The molecular weight excluding hydrogens is 326 g/mol. The highest BCUT2D eigenvalue weighted by Crippen LogP contribution is 2.12. The van der Waals surface area contributed by atoms with Crippen LogP contribution < -0.4 is 5.32 Å². The number of amides is 1. The zero-order valence-corrected chi connectivity index (χ0v) is 13.2. The molecule has 110 valence electrons. The highest BCUT2D eigenvalue weighted by molar-refractivity contribution is 9.10. The van der Waals surface area contributed by atoms with Crippen molar-refractivity contribution in [2.45, 2.75) is 32.4 Å². The molecule has 0 aliphatic rings. The number of alkyl carbamates (subject to hydrolysis) is 1. The van der Waals surface area contributed by atoms with E-state index in [0.29, 0.717) is 5.56 Å². The van der Waals surface area contributed by atoms with Crippen LogP contribution in [0.2, 0.25) is 0 Å². The average Bonchev–Trinajstić information content (AvgIpc) is 2.34. The molecule has 0 heterocycles. The van der Waals surface area contributed by atoms with Crippen LogP contribution in [-0.4, -0.2) is 35.2 Å². The lowest BCUT2D eigenvalue weighted by Gasteiger charge is -2.22. The van der Waals surface area contributed by atoms with Gasteiger partial charge >= 0.3 is 6.09 Å². The van der Waals surface area contributed by atoms with E-state index in [-0.39, 0.29) is 5.78 Å². The Kier molecular flexibility index (Phi) is 5.71. The molecule has 0 radical (unpaired) electrons. The van der Waals surface area contributed by atoms with Gasteiger partial charge in [0.25, 0.3) is 0 Å². The average molecular weight is 344 g/mol. The monoisotopic (exact) mass is 343 g/mol. The molecule has 1 unspecified atom stereocenters. The van der Waals surface area contributed by atoms with E-state index in [9.17, 15) is 14.7 Å². The number of hydrogen-bond donors (Lipinski definition) is 2. The summed E-state index contributed by atoms with van der Waals surface area (Å²) in [6, 6.07) is 5.65. The second-order valence-corrected chi connectivity index (χ2v) is 6.17. The van der Waals surface area contributed by atoms with Crippen LogP contribution in [0.25, 0.3) is 0 Å². The Hall–Kier alpha value is -1.40. The third-order valence-electron chi connectivity index (χ3n) is 2.32. The summed E-state index contributed by atoms with van der Waals surface area (Å²) in [5, 5.41) is 11.6. The minimum atomic E-state index is -1.02. The van der Waals surface area contributed by atoms with Crippen molar-refractivity contribution in [2.75, 3.05) is 6.61 Å². The Labute approximate surface area is 126 Å². The van der Waals surface area contributed by atoms with Gasteiger partial charge in [0.1, 0.15) is 11.6 Å². The van der Waals surface area contributed by atoms with Gasteiger partial charge in [0.05, 0.1) is 6.61 Å². The molecule has 0 spiro atoms. The molecule has 1 atom stereocenters. The second-order valence-electron chi connectivity index (χ2n) is 5.25. The molecule has 0 aliphatic carbocycles. The van der Waals surface area contributed by atoms with E-state index in [2.05, 4.69) is 21.2 Å². The van der Waals surface area contributed by atoms with E-state index >= 15 is 0 Å². The first-order chi connectivity index (χ1) is 9.23. The smallest absolute Gasteiger partial charge is 0.408 e. The van der Waals surface area contributed by atoms with E-state index in [1.165, 1.54) is 0 Å². The minimum absolute atomic E-state index is 0.370. The first kappa shape index (κ1) is 16.7. The normalized spacial score (nSPS) is 12.7. The van der Waals surface area contributed by atoms with Crippen LogP contribution in [0.1, 0.15) is 31.1 Å². The Balaban J connectivity index is 2.73. The van der Waals surface area contributed by atoms with Gasteiger partial charge in [0.15, 0.2) is 5.78 Å². The molecule has 20 heavy (non-hydrogen) atoms. The van der Waals surface area contributed by atoms with Crippen LogP contribution >= 0.6 is 15.9 Å². The summed E-state index contributed by atoms with van der Waals surface area (Å²) in [4.78, 5) is 23.8. The van der Waals surface area contributed by atoms with Crippen LogP contribution in [0.3, 0.4) is 0 Å². The lowest BCUT2D eigenvalue weighted by molar-refractivity contribution is 0.0467. The highest BCUT2D eigenvalue weighted by Gasteiger charge is 2.24. The third kappa shape index (κ3) is 5.30. The number of aliphatic hydroxyl groups excluding tert-OH is 1. The van der Waals surface area contributed by atoms with Crippen molar-refractivity contribution in [3.8, 4) is 0 Å².